The van der Waals surface area contributed by atoms with Crippen molar-refractivity contribution in [3.05, 3.63) is 72.8 Å². The molecular weight excluding hydrogens is 411 g/mol. The van der Waals surface area contributed by atoms with Crippen molar-refractivity contribution in [2.24, 2.45) is 23.7 Å². The van der Waals surface area contributed by atoms with Crippen molar-refractivity contribution >= 4 is 19.2 Å². The highest BCUT2D eigenvalue weighted by Crippen LogP contribution is 2.58. The number of hydrogen-bond acceptors (Lipinski definition) is 6. The van der Waals surface area contributed by atoms with E-state index in [1.807, 2.05) is 60.7 Å². The molecule has 6 nitrogen and oxygen atoms in total. The molecule has 3 aliphatic rings. The molecule has 2 aliphatic carbocycles. The zero-order chi connectivity index (χ0) is 21.1. The number of hydrogen-bond donors (Lipinski definition) is 2. The van der Waals surface area contributed by atoms with Crippen LogP contribution in [0.2, 0.25) is 0 Å². The summed E-state index contributed by atoms with van der Waals surface area (Å²) in [6.45, 7) is 1.67. The van der Waals surface area contributed by atoms with Gasteiger partial charge in [0.15, 0.2) is 0 Å². The van der Waals surface area contributed by atoms with Crippen molar-refractivity contribution in [1.82, 2.24) is 0 Å². The summed E-state index contributed by atoms with van der Waals surface area (Å²) < 4.78 is 30.5. The number of benzene rings is 2. The molecule has 7 heteroatoms. The van der Waals surface area contributed by atoms with Crippen LogP contribution in [0.15, 0.2) is 72.8 Å². The van der Waals surface area contributed by atoms with Crippen LogP contribution in [-0.2, 0) is 18.1 Å². The van der Waals surface area contributed by atoms with Gasteiger partial charge in [-0.3, -0.25) is 13.6 Å². The van der Waals surface area contributed by atoms with Crippen molar-refractivity contribution in [3.8, 4) is 0 Å². The molecule has 2 N–H and O–H groups in total. The Balaban J connectivity index is 1.21. The summed E-state index contributed by atoms with van der Waals surface area (Å²) in [6.07, 6.45) is 5.73. The van der Waals surface area contributed by atoms with Gasteiger partial charge in [-0.15, -0.1) is 0 Å². The van der Waals surface area contributed by atoms with Gasteiger partial charge in [-0.05, 0) is 54.4 Å². The smallest absolute Gasteiger partial charge is 0.383 e. The molecule has 5 rings (SSSR count). The first-order valence-electron chi connectivity index (χ1n) is 11.0. The second kappa shape index (κ2) is 9.17. The number of para-hydroxylation sites is 2. The van der Waals surface area contributed by atoms with Crippen molar-refractivity contribution in [2.75, 3.05) is 37.0 Å². The highest BCUT2D eigenvalue weighted by Gasteiger charge is 2.48. The van der Waals surface area contributed by atoms with Crippen LogP contribution in [-0.4, -0.2) is 32.4 Å². The standard InChI is InChI=1S/C24H29N2O4P/c27-31(29-16-23-18-11-12-19(13-18)24(23)17-30-31)28-15-22(26-21-9-5-2-6-10-21)14-25-20-7-3-1-4-8-20/h1-12,18-19,22-26H,13-17H2. The molecule has 2 bridgehead atoms. The molecule has 0 amide bonds. The van der Waals surface area contributed by atoms with Gasteiger partial charge in [0.25, 0.3) is 0 Å². The van der Waals surface area contributed by atoms with Crippen LogP contribution in [0.25, 0.3) is 0 Å². The Morgan fingerprint density at radius 3 is 2.10 bits per heavy atom. The fourth-order valence-corrected chi connectivity index (χ4v) is 6.18. The second-order valence-corrected chi connectivity index (χ2v) is 10.2. The molecule has 31 heavy (non-hydrogen) atoms. The summed E-state index contributed by atoms with van der Waals surface area (Å²) >= 11 is 0. The number of allylic oxidation sites excluding steroid dienone is 2. The van der Waals surface area contributed by atoms with Crippen LogP contribution in [0.4, 0.5) is 11.4 Å². The molecule has 0 radical (unpaired) electrons. The Hall–Kier alpha value is -2.11. The zero-order valence-electron chi connectivity index (χ0n) is 17.4. The molecule has 164 valence electrons. The second-order valence-electron chi connectivity index (χ2n) is 8.56. The summed E-state index contributed by atoms with van der Waals surface area (Å²) in [5.41, 5.74) is 2.00. The van der Waals surface area contributed by atoms with Gasteiger partial charge in [-0.1, -0.05) is 48.6 Å². The van der Waals surface area contributed by atoms with E-state index in [0.717, 1.165) is 11.4 Å². The molecule has 1 heterocycles. The molecule has 0 aromatic heterocycles. The van der Waals surface area contributed by atoms with Crippen LogP contribution >= 0.6 is 7.82 Å². The number of rotatable bonds is 8. The summed E-state index contributed by atoms with van der Waals surface area (Å²) in [6, 6.07) is 19.8. The lowest BCUT2D eigenvalue weighted by Gasteiger charge is -2.23. The number of fused-ring (bicyclic) bond motifs is 5. The van der Waals surface area contributed by atoms with E-state index in [0.29, 0.717) is 43.4 Å². The minimum Gasteiger partial charge on any atom is -0.383 e. The highest BCUT2D eigenvalue weighted by molar-refractivity contribution is 7.48. The van der Waals surface area contributed by atoms with Gasteiger partial charge in [0, 0.05) is 17.9 Å². The first-order valence-corrected chi connectivity index (χ1v) is 12.5. The van der Waals surface area contributed by atoms with E-state index in [1.54, 1.807) is 0 Å². The number of phosphoric acid groups is 1. The SMILES string of the molecule is O=P1(OCC(CNc2ccccc2)Nc2ccccc2)OCC2C3C=CC(C3)C2CO1. The van der Waals surface area contributed by atoms with Crippen LogP contribution in [0.1, 0.15) is 6.42 Å². The fraction of sp³-hybridized carbons (Fsp3) is 0.417. The van der Waals surface area contributed by atoms with Crippen LogP contribution in [0.5, 0.6) is 0 Å². The predicted octanol–water partition coefficient (Wildman–Crippen LogP) is 5.19. The maximum atomic E-state index is 13.2. The average Bonchev–Trinajstić information content (AvgIpc) is 3.36. The Morgan fingerprint density at radius 2 is 1.48 bits per heavy atom. The van der Waals surface area contributed by atoms with Gasteiger partial charge in [-0.2, -0.15) is 0 Å². The predicted molar refractivity (Wildman–Crippen MR) is 122 cm³/mol. The maximum absolute atomic E-state index is 13.2. The molecule has 2 aromatic carbocycles. The molecule has 1 saturated carbocycles. The third-order valence-corrected chi connectivity index (χ3v) is 7.95. The first kappa shape index (κ1) is 20.8. The monoisotopic (exact) mass is 440 g/mol. The minimum atomic E-state index is -3.59. The van der Waals surface area contributed by atoms with E-state index in [4.69, 9.17) is 13.6 Å². The summed E-state index contributed by atoms with van der Waals surface area (Å²) in [4.78, 5) is 0. The Bertz CT molecular complexity index is 913. The van der Waals surface area contributed by atoms with E-state index < -0.39 is 7.82 Å². The Morgan fingerprint density at radius 1 is 0.903 bits per heavy atom. The van der Waals surface area contributed by atoms with Crippen LogP contribution < -0.4 is 10.6 Å². The molecule has 1 saturated heterocycles. The lowest BCUT2D eigenvalue weighted by molar-refractivity contribution is 0.120. The highest BCUT2D eigenvalue weighted by atomic mass is 31.2. The third kappa shape index (κ3) is 4.88. The quantitative estimate of drug-likeness (QED) is 0.435. The first-order chi connectivity index (χ1) is 15.2. The molecule has 5 atom stereocenters. The van der Waals surface area contributed by atoms with Crippen molar-refractivity contribution < 1.29 is 18.1 Å². The molecule has 0 spiro atoms. The number of phosphoric ester groups is 1. The number of nitrogens with one attached hydrogen (secondary N) is 2. The summed E-state index contributed by atoms with van der Waals surface area (Å²) in [5.74, 6) is 1.81. The third-order valence-electron chi connectivity index (χ3n) is 6.55. The molecule has 1 aliphatic heterocycles. The lowest BCUT2D eigenvalue weighted by atomic mass is 9.84. The molecule has 2 fully saturated rings. The van der Waals surface area contributed by atoms with Gasteiger partial charge in [0.05, 0.1) is 25.9 Å². The fourth-order valence-electron chi connectivity index (χ4n) is 4.89. The zero-order valence-corrected chi connectivity index (χ0v) is 18.3. The summed E-state index contributed by atoms with van der Waals surface area (Å²) in [5, 5.41) is 6.86. The van der Waals surface area contributed by atoms with Gasteiger partial charge >= 0.3 is 7.82 Å². The Labute approximate surface area is 183 Å². The van der Waals surface area contributed by atoms with E-state index in [2.05, 4.69) is 22.8 Å². The van der Waals surface area contributed by atoms with E-state index in [9.17, 15) is 4.57 Å². The van der Waals surface area contributed by atoms with Crippen molar-refractivity contribution in [1.29, 1.82) is 0 Å². The lowest BCUT2D eigenvalue weighted by Crippen LogP contribution is -2.32. The van der Waals surface area contributed by atoms with E-state index >= 15 is 0 Å². The molecule has 2 aromatic rings. The largest absolute Gasteiger partial charge is 0.474 e. The average molecular weight is 440 g/mol. The van der Waals surface area contributed by atoms with Crippen LogP contribution in [0.3, 0.4) is 0 Å². The minimum absolute atomic E-state index is 0.124. The van der Waals surface area contributed by atoms with Crippen molar-refractivity contribution in [3.63, 3.8) is 0 Å². The Kier molecular flexibility index (Phi) is 6.15. The van der Waals surface area contributed by atoms with Gasteiger partial charge in [0.1, 0.15) is 0 Å². The van der Waals surface area contributed by atoms with Gasteiger partial charge in [-0.25, -0.2) is 4.57 Å². The van der Waals surface area contributed by atoms with E-state index in [-0.39, 0.29) is 12.6 Å². The van der Waals surface area contributed by atoms with Gasteiger partial charge in [0.2, 0.25) is 0 Å². The van der Waals surface area contributed by atoms with Crippen LogP contribution in [0, 0.1) is 23.7 Å². The van der Waals surface area contributed by atoms with E-state index in [1.165, 1.54) is 6.42 Å². The normalized spacial score (nSPS) is 32.3. The summed E-state index contributed by atoms with van der Waals surface area (Å²) in [7, 11) is -3.59. The topological polar surface area (TPSA) is 68.8 Å². The van der Waals surface area contributed by atoms with Gasteiger partial charge < -0.3 is 10.6 Å². The molecule has 5 unspecified atom stereocenters. The molecular formula is C24H29N2O4P. The maximum Gasteiger partial charge on any atom is 0.474 e. The number of anilines is 2. The van der Waals surface area contributed by atoms with Crippen molar-refractivity contribution in [2.45, 2.75) is 12.5 Å².